The molecule has 6 heterocycles. The molecule has 2 aliphatic rings. The van der Waals surface area contributed by atoms with Crippen LogP contribution in [0.2, 0.25) is 0 Å². The Labute approximate surface area is 165 Å². The summed E-state index contributed by atoms with van der Waals surface area (Å²) in [5, 5.41) is 8.19. The van der Waals surface area contributed by atoms with E-state index in [0.29, 0.717) is 18.4 Å². The molecular formula is C19H18N8O2. The number of hydrogen-bond acceptors (Lipinski definition) is 8. The third-order valence-electron chi connectivity index (χ3n) is 5.32. The summed E-state index contributed by atoms with van der Waals surface area (Å²) in [5.74, 6) is 0.631. The Balaban J connectivity index is 1.06. The Hall–Kier alpha value is -3.37. The van der Waals surface area contributed by atoms with Gasteiger partial charge in [0.15, 0.2) is 5.89 Å². The van der Waals surface area contributed by atoms with Crippen molar-refractivity contribution in [1.82, 2.24) is 39.4 Å². The maximum Gasteiger partial charge on any atom is 0.200 e. The third-order valence-corrected chi connectivity index (χ3v) is 5.32. The lowest BCUT2D eigenvalue weighted by molar-refractivity contribution is 0.0559. The molecule has 4 aromatic heterocycles. The molecule has 2 atom stereocenters. The Morgan fingerprint density at radius 3 is 2.76 bits per heavy atom. The summed E-state index contributed by atoms with van der Waals surface area (Å²) in [6.07, 6.45) is 13.0. The molecule has 0 radical (unpaired) electrons. The topological polar surface area (TPSA) is 103 Å². The first kappa shape index (κ1) is 16.6. The van der Waals surface area contributed by atoms with Crippen LogP contribution in [-0.2, 0) is 11.2 Å². The summed E-state index contributed by atoms with van der Waals surface area (Å²) in [6, 6.07) is 4.32. The number of ether oxygens (including phenoxy) is 1. The fourth-order valence-electron chi connectivity index (χ4n) is 3.65. The SMILES string of the molecule is c1cn(C2CN(C3OC3c3coc(Cc4ccc(-n5nccn5)cn4)n3)C2)cn1. The number of pyridine rings is 1. The molecular weight excluding hydrogens is 372 g/mol. The molecule has 2 saturated heterocycles. The Bertz CT molecular complexity index is 1080. The molecule has 0 N–H and O–H groups in total. The van der Waals surface area contributed by atoms with E-state index in [1.165, 1.54) is 4.80 Å². The van der Waals surface area contributed by atoms with Gasteiger partial charge in [0, 0.05) is 31.2 Å². The molecule has 29 heavy (non-hydrogen) atoms. The van der Waals surface area contributed by atoms with Crippen LogP contribution in [0.15, 0.2) is 60.1 Å². The lowest BCUT2D eigenvalue weighted by Gasteiger charge is -2.38. The quantitative estimate of drug-likeness (QED) is 0.455. The molecule has 0 aromatic carbocycles. The van der Waals surface area contributed by atoms with E-state index in [-0.39, 0.29) is 12.3 Å². The van der Waals surface area contributed by atoms with Gasteiger partial charge in [-0.3, -0.25) is 9.88 Å². The lowest BCUT2D eigenvalue weighted by Crippen LogP contribution is -2.49. The highest BCUT2D eigenvalue weighted by atomic mass is 16.6. The highest BCUT2D eigenvalue weighted by Crippen LogP contribution is 2.43. The summed E-state index contributed by atoms with van der Waals surface area (Å²) < 4.78 is 13.6. The van der Waals surface area contributed by atoms with Crippen molar-refractivity contribution in [1.29, 1.82) is 0 Å². The number of hydrogen-bond donors (Lipinski definition) is 0. The number of rotatable bonds is 6. The largest absolute Gasteiger partial charge is 0.448 e. The van der Waals surface area contributed by atoms with Crippen LogP contribution in [0.5, 0.6) is 0 Å². The van der Waals surface area contributed by atoms with Gasteiger partial charge in [-0.25, -0.2) is 9.97 Å². The predicted octanol–water partition coefficient (Wildman–Crippen LogP) is 1.39. The fraction of sp³-hybridized carbons (Fsp3) is 0.316. The number of oxazole rings is 1. The Morgan fingerprint density at radius 2 is 2.00 bits per heavy atom. The fourth-order valence-corrected chi connectivity index (χ4v) is 3.65. The van der Waals surface area contributed by atoms with Crippen LogP contribution in [0.1, 0.15) is 29.4 Å². The smallest absolute Gasteiger partial charge is 0.200 e. The van der Waals surface area contributed by atoms with Gasteiger partial charge in [0.25, 0.3) is 0 Å². The van der Waals surface area contributed by atoms with Crippen LogP contribution in [-0.4, -0.2) is 58.7 Å². The third kappa shape index (κ3) is 3.12. The van der Waals surface area contributed by atoms with E-state index in [9.17, 15) is 0 Å². The van der Waals surface area contributed by atoms with Gasteiger partial charge in [0.05, 0.1) is 37.4 Å². The monoisotopic (exact) mass is 390 g/mol. The molecule has 0 saturated carbocycles. The van der Waals surface area contributed by atoms with Crippen LogP contribution in [0, 0.1) is 0 Å². The summed E-state index contributed by atoms with van der Waals surface area (Å²) in [7, 11) is 0. The van der Waals surface area contributed by atoms with Gasteiger partial charge in [-0.2, -0.15) is 15.0 Å². The Kier molecular flexibility index (Phi) is 3.77. The average molecular weight is 390 g/mol. The van der Waals surface area contributed by atoms with Gasteiger partial charge in [-0.15, -0.1) is 0 Å². The lowest BCUT2D eigenvalue weighted by atomic mass is 10.1. The van der Waals surface area contributed by atoms with Crippen LogP contribution in [0.3, 0.4) is 0 Å². The van der Waals surface area contributed by atoms with E-state index in [1.54, 1.807) is 24.9 Å². The van der Waals surface area contributed by atoms with Crippen molar-refractivity contribution >= 4 is 0 Å². The van der Waals surface area contributed by atoms with Crippen LogP contribution >= 0.6 is 0 Å². The minimum Gasteiger partial charge on any atom is -0.448 e. The molecule has 0 amide bonds. The average Bonchev–Trinajstić information content (AvgIpc) is 3.18. The van der Waals surface area contributed by atoms with Crippen molar-refractivity contribution in [2.75, 3.05) is 13.1 Å². The number of imidazole rings is 1. The van der Waals surface area contributed by atoms with E-state index >= 15 is 0 Å². The van der Waals surface area contributed by atoms with Gasteiger partial charge in [-0.05, 0) is 12.1 Å². The highest BCUT2D eigenvalue weighted by molar-refractivity contribution is 5.27. The normalized spacial score (nSPS) is 21.9. The summed E-state index contributed by atoms with van der Waals surface area (Å²) in [5.41, 5.74) is 2.52. The van der Waals surface area contributed by atoms with Gasteiger partial charge in [0.1, 0.15) is 30.0 Å². The zero-order valence-corrected chi connectivity index (χ0v) is 15.4. The second-order valence-electron chi connectivity index (χ2n) is 7.23. The molecule has 2 unspecified atom stereocenters. The molecule has 10 heteroatoms. The van der Waals surface area contributed by atoms with Crippen molar-refractivity contribution in [3.8, 4) is 5.69 Å². The van der Waals surface area contributed by atoms with Crippen molar-refractivity contribution < 1.29 is 9.15 Å². The zero-order valence-electron chi connectivity index (χ0n) is 15.4. The summed E-state index contributed by atoms with van der Waals surface area (Å²) >= 11 is 0. The summed E-state index contributed by atoms with van der Waals surface area (Å²) in [4.78, 5) is 17.0. The van der Waals surface area contributed by atoms with Crippen molar-refractivity contribution in [3.05, 3.63) is 73.0 Å². The maximum atomic E-state index is 5.84. The number of likely N-dealkylation sites (tertiary alicyclic amines) is 1. The zero-order chi connectivity index (χ0) is 19.2. The van der Waals surface area contributed by atoms with Crippen LogP contribution < -0.4 is 0 Å². The first-order valence-corrected chi connectivity index (χ1v) is 9.46. The van der Waals surface area contributed by atoms with Gasteiger partial charge in [0.2, 0.25) is 0 Å². The highest BCUT2D eigenvalue weighted by Gasteiger charge is 2.50. The molecule has 0 spiro atoms. The molecule has 0 bridgehead atoms. The van der Waals surface area contributed by atoms with Gasteiger partial charge in [-0.1, -0.05) is 0 Å². The second kappa shape index (κ2) is 6.61. The molecule has 10 nitrogen and oxygen atoms in total. The van der Waals surface area contributed by atoms with Crippen molar-refractivity contribution in [3.63, 3.8) is 0 Å². The first-order chi connectivity index (χ1) is 14.3. The minimum atomic E-state index is -0.0162. The number of nitrogens with zero attached hydrogens (tertiary/aromatic N) is 8. The predicted molar refractivity (Wildman–Crippen MR) is 98.9 cm³/mol. The Morgan fingerprint density at radius 1 is 1.10 bits per heavy atom. The number of epoxide rings is 1. The maximum absolute atomic E-state index is 5.84. The second-order valence-corrected chi connectivity index (χ2v) is 7.23. The molecule has 2 aliphatic heterocycles. The minimum absolute atomic E-state index is 0.0162. The standard InChI is InChI=1S/C19H18N8O2/c1-2-14(27-22-3-4-23-27)8-21-13(1)7-17-24-16(11-28-17)18-19(29-18)26-9-15(10-26)25-6-5-20-12-25/h1-6,8,11-12,15,18-19H,7,9-10H2. The van der Waals surface area contributed by atoms with E-state index in [2.05, 4.69) is 34.6 Å². The number of aromatic nitrogens is 7. The molecule has 146 valence electrons. The van der Waals surface area contributed by atoms with Gasteiger partial charge >= 0.3 is 0 Å². The van der Waals surface area contributed by atoms with Crippen molar-refractivity contribution in [2.24, 2.45) is 0 Å². The molecule has 6 rings (SSSR count). The molecule has 0 aliphatic carbocycles. The first-order valence-electron chi connectivity index (χ1n) is 9.46. The van der Waals surface area contributed by atoms with E-state index in [0.717, 1.165) is 30.2 Å². The molecule has 4 aromatic rings. The van der Waals surface area contributed by atoms with E-state index in [4.69, 9.17) is 9.15 Å². The van der Waals surface area contributed by atoms with E-state index in [1.807, 2.05) is 30.9 Å². The molecule has 2 fully saturated rings. The van der Waals surface area contributed by atoms with Gasteiger partial charge < -0.3 is 13.7 Å². The van der Waals surface area contributed by atoms with Crippen LogP contribution in [0.25, 0.3) is 5.69 Å². The summed E-state index contributed by atoms with van der Waals surface area (Å²) in [6.45, 7) is 1.92. The van der Waals surface area contributed by atoms with Crippen LogP contribution in [0.4, 0.5) is 0 Å². The van der Waals surface area contributed by atoms with Crippen molar-refractivity contribution in [2.45, 2.75) is 24.8 Å². The van der Waals surface area contributed by atoms with E-state index < -0.39 is 0 Å².